The summed E-state index contributed by atoms with van der Waals surface area (Å²) in [5.74, 6) is 0.488. The monoisotopic (exact) mass is 498 g/mol. The van der Waals surface area contributed by atoms with Gasteiger partial charge in [0.1, 0.15) is 17.4 Å². The van der Waals surface area contributed by atoms with Crippen molar-refractivity contribution in [2.45, 2.75) is 37.6 Å². The molecule has 4 rings (SSSR count). The minimum atomic E-state index is -0.653. The molecule has 36 heavy (non-hydrogen) atoms. The molecule has 2 aliphatic heterocycles. The standard InChI is InChI=1S/C29H36F2N2O3/c1-35-20-28(32-13-9-23(10-14-32)22-4-6-27(36-2)7-5-22)24-11-15-33(16-12-24)29(34)8-3-21-17-25(30)19-26(31)18-21/h3-8,17-19,23-24,28H,9-16,20H2,1-2H3/b8-3+. The van der Waals surface area contributed by atoms with Crippen LogP contribution in [0.2, 0.25) is 0 Å². The van der Waals surface area contributed by atoms with Crippen LogP contribution in [0.4, 0.5) is 8.78 Å². The predicted molar refractivity (Wildman–Crippen MR) is 137 cm³/mol. The van der Waals surface area contributed by atoms with Crippen LogP contribution >= 0.6 is 0 Å². The van der Waals surface area contributed by atoms with Crippen molar-refractivity contribution in [3.05, 3.63) is 71.3 Å². The lowest BCUT2D eigenvalue weighted by Gasteiger charge is -2.43. The van der Waals surface area contributed by atoms with Gasteiger partial charge in [0.25, 0.3) is 0 Å². The Balaban J connectivity index is 1.29. The summed E-state index contributed by atoms with van der Waals surface area (Å²) in [5, 5.41) is 0. The largest absolute Gasteiger partial charge is 0.497 e. The topological polar surface area (TPSA) is 42.0 Å². The molecule has 194 valence electrons. The zero-order valence-electron chi connectivity index (χ0n) is 21.2. The fourth-order valence-corrected chi connectivity index (χ4v) is 5.60. The van der Waals surface area contributed by atoms with Gasteiger partial charge in [0.15, 0.2) is 0 Å². The number of benzene rings is 2. The number of halogens is 2. The second-order valence-corrected chi connectivity index (χ2v) is 9.80. The number of piperidine rings is 2. The lowest BCUT2D eigenvalue weighted by Crippen LogP contribution is -2.50. The lowest BCUT2D eigenvalue weighted by molar-refractivity contribution is -0.127. The number of amides is 1. The Hall–Kier alpha value is -2.77. The van der Waals surface area contributed by atoms with Crippen molar-refractivity contribution in [2.75, 3.05) is 47.0 Å². The Bertz CT molecular complexity index is 1010. The van der Waals surface area contributed by atoms with Crippen LogP contribution in [-0.2, 0) is 9.53 Å². The number of nitrogens with zero attached hydrogens (tertiary/aromatic N) is 2. The average Bonchev–Trinajstić information content (AvgIpc) is 2.90. The van der Waals surface area contributed by atoms with E-state index in [1.54, 1.807) is 14.2 Å². The quantitative estimate of drug-likeness (QED) is 0.474. The maximum Gasteiger partial charge on any atom is 0.246 e. The van der Waals surface area contributed by atoms with Crippen molar-refractivity contribution < 1.29 is 23.0 Å². The molecule has 0 aliphatic carbocycles. The number of hydrogen-bond donors (Lipinski definition) is 0. The summed E-state index contributed by atoms with van der Waals surface area (Å²) in [5.41, 5.74) is 1.72. The molecular weight excluding hydrogens is 462 g/mol. The summed E-state index contributed by atoms with van der Waals surface area (Å²) in [6, 6.07) is 12.0. The molecule has 2 fully saturated rings. The summed E-state index contributed by atoms with van der Waals surface area (Å²) >= 11 is 0. The van der Waals surface area contributed by atoms with Gasteiger partial charge < -0.3 is 14.4 Å². The first kappa shape index (κ1) is 26.3. The molecule has 0 spiro atoms. The van der Waals surface area contributed by atoms with Gasteiger partial charge in [-0.25, -0.2) is 8.78 Å². The number of hydrogen-bond acceptors (Lipinski definition) is 4. The molecular formula is C29H36F2N2O3. The molecule has 0 bridgehead atoms. The first-order valence-corrected chi connectivity index (χ1v) is 12.8. The van der Waals surface area contributed by atoms with Crippen LogP contribution in [0.3, 0.4) is 0 Å². The maximum atomic E-state index is 13.4. The minimum absolute atomic E-state index is 0.123. The van der Waals surface area contributed by atoms with E-state index in [9.17, 15) is 13.6 Å². The smallest absolute Gasteiger partial charge is 0.246 e. The third kappa shape index (κ3) is 6.71. The van der Waals surface area contributed by atoms with Crippen LogP contribution in [0.1, 0.15) is 42.7 Å². The molecule has 0 saturated carbocycles. The second-order valence-electron chi connectivity index (χ2n) is 9.80. The third-order valence-electron chi connectivity index (χ3n) is 7.62. The first-order valence-electron chi connectivity index (χ1n) is 12.8. The van der Waals surface area contributed by atoms with Gasteiger partial charge in [0.05, 0.1) is 13.7 Å². The van der Waals surface area contributed by atoms with E-state index in [0.717, 1.165) is 50.6 Å². The third-order valence-corrected chi connectivity index (χ3v) is 7.62. The van der Waals surface area contributed by atoms with Crippen LogP contribution in [0, 0.1) is 17.6 Å². The average molecular weight is 499 g/mol. The SMILES string of the molecule is COCC(C1CCN(C(=O)/C=C/c2cc(F)cc(F)c2)CC1)N1CCC(c2ccc(OC)cc2)CC1. The highest BCUT2D eigenvalue weighted by Crippen LogP contribution is 2.33. The summed E-state index contributed by atoms with van der Waals surface area (Å²) in [7, 11) is 3.45. The number of likely N-dealkylation sites (tertiary alicyclic amines) is 2. The van der Waals surface area contributed by atoms with E-state index in [2.05, 4.69) is 17.0 Å². The van der Waals surface area contributed by atoms with Gasteiger partial charge in [-0.15, -0.1) is 0 Å². The molecule has 2 aromatic rings. The minimum Gasteiger partial charge on any atom is -0.497 e. The summed E-state index contributed by atoms with van der Waals surface area (Å²) in [6.45, 7) is 4.12. The highest BCUT2D eigenvalue weighted by atomic mass is 19.1. The fourth-order valence-electron chi connectivity index (χ4n) is 5.60. The maximum absolute atomic E-state index is 13.4. The van der Waals surface area contributed by atoms with Crippen molar-refractivity contribution in [3.8, 4) is 5.75 Å². The molecule has 1 unspecified atom stereocenters. The van der Waals surface area contributed by atoms with E-state index < -0.39 is 11.6 Å². The Morgan fingerprint density at radius 2 is 1.61 bits per heavy atom. The van der Waals surface area contributed by atoms with E-state index in [0.29, 0.717) is 43.1 Å². The van der Waals surface area contributed by atoms with Crippen molar-refractivity contribution in [3.63, 3.8) is 0 Å². The Morgan fingerprint density at radius 3 is 2.19 bits per heavy atom. The Labute approximate surface area is 212 Å². The second kappa shape index (κ2) is 12.5. The normalized spacial score (nSPS) is 19.1. The number of carbonyl (C=O) groups excluding carboxylic acids is 1. The zero-order chi connectivity index (χ0) is 25.5. The predicted octanol–water partition coefficient (Wildman–Crippen LogP) is 5.12. The van der Waals surface area contributed by atoms with Crippen LogP contribution in [0.15, 0.2) is 48.5 Å². The Kier molecular flexibility index (Phi) is 9.10. The molecule has 2 saturated heterocycles. The molecule has 2 heterocycles. The van der Waals surface area contributed by atoms with Gasteiger partial charge in [0, 0.05) is 38.4 Å². The highest BCUT2D eigenvalue weighted by molar-refractivity contribution is 5.91. The van der Waals surface area contributed by atoms with Gasteiger partial charge in [-0.3, -0.25) is 9.69 Å². The molecule has 0 aromatic heterocycles. The molecule has 2 aromatic carbocycles. The van der Waals surface area contributed by atoms with E-state index in [4.69, 9.17) is 9.47 Å². The van der Waals surface area contributed by atoms with Gasteiger partial charge in [-0.1, -0.05) is 12.1 Å². The van der Waals surface area contributed by atoms with Crippen LogP contribution < -0.4 is 4.74 Å². The van der Waals surface area contributed by atoms with E-state index in [1.165, 1.54) is 29.8 Å². The van der Waals surface area contributed by atoms with E-state index in [-0.39, 0.29) is 5.91 Å². The number of rotatable bonds is 8. The Morgan fingerprint density at radius 1 is 0.972 bits per heavy atom. The van der Waals surface area contributed by atoms with Crippen molar-refractivity contribution in [1.82, 2.24) is 9.80 Å². The highest BCUT2D eigenvalue weighted by Gasteiger charge is 2.33. The van der Waals surface area contributed by atoms with Gasteiger partial charge in [0.2, 0.25) is 5.91 Å². The number of methoxy groups -OCH3 is 2. The van der Waals surface area contributed by atoms with Crippen molar-refractivity contribution >= 4 is 12.0 Å². The lowest BCUT2D eigenvalue weighted by atomic mass is 9.84. The summed E-state index contributed by atoms with van der Waals surface area (Å²) in [6.07, 6.45) is 6.96. The molecule has 1 atom stereocenters. The summed E-state index contributed by atoms with van der Waals surface area (Å²) < 4.78 is 37.7. The van der Waals surface area contributed by atoms with Crippen LogP contribution in [-0.4, -0.2) is 68.8 Å². The van der Waals surface area contributed by atoms with E-state index in [1.807, 2.05) is 17.0 Å². The molecule has 1 amide bonds. The van der Waals surface area contributed by atoms with Gasteiger partial charge in [-0.2, -0.15) is 0 Å². The van der Waals surface area contributed by atoms with E-state index >= 15 is 0 Å². The first-order chi connectivity index (χ1) is 17.5. The molecule has 7 heteroatoms. The molecule has 2 aliphatic rings. The van der Waals surface area contributed by atoms with Crippen LogP contribution in [0.25, 0.3) is 6.08 Å². The van der Waals surface area contributed by atoms with Gasteiger partial charge in [-0.05, 0) is 92.1 Å². The zero-order valence-corrected chi connectivity index (χ0v) is 21.2. The summed E-state index contributed by atoms with van der Waals surface area (Å²) in [4.78, 5) is 17.1. The van der Waals surface area contributed by atoms with Crippen LogP contribution in [0.5, 0.6) is 5.75 Å². The fraction of sp³-hybridized carbons (Fsp3) is 0.483. The number of ether oxygens (including phenoxy) is 2. The van der Waals surface area contributed by atoms with Crippen molar-refractivity contribution in [1.29, 1.82) is 0 Å². The molecule has 5 nitrogen and oxygen atoms in total. The van der Waals surface area contributed by atoms with Crippen molar-refractivity contribution in [2.24, 2.45) is 5.92 Å². The number of carbonyl (C=O) groups is 1. The molecule has 0 radical (unpaired) electrons. The van der Waals surface area contributed by atoms with Gasteiger partial charge >= 0.3 is 0 Å². The molecule has 0 N–H and O–H groups in total.